The molecule has 3 N–H and O–H groups in total. The fourth-order valence-electron chi connectivity index (χ4n) is 3.72. The first-order chi connectivity index (χ1) is 14.7. The number of nitrogens with zero attached hydrogens (tertiary/aromatic N) is 2. The molecule has 10 nitrogen and oxygen atoms in total. The summed E-state index contributed by atoms with van der Waals surface area (Å²) in [5, 5.41) is 0. The van der Waals surface area contributed by atoms with Gasteiger partial charge in [0.15, 0.2) is 11.3 Å². The summed E-state index contributed by atoms with van der Waals surface area (Å²) in [6.07, 6.45) is 0.720. The van der Waals surface area contributed by atoms with Crippen LogP contribution in [0.2, 0.25) is 0 Å². The van der Waals surface area contributed by atoms with Crippen LogP contribution in [0.25, 0.3) is 0 Å². The summed E-state index contributed by atoms with van der Waals surface area (Å²) in [6, 6.07) is 6.87. The number of methoxy groups -OCH3 is 1. The second-order valence-corrected chi connectivity index (χ2v) is 7.55. The Balaban J connectivity index is 2.10. The maximum Gasteiger partial charge on any atom is 0.339 e. The van der Waals surface area contributed by atoms with Crippen LogP contribution in [0.1, 0.15) is 36.2 Å². The third-order valence-corrected chi connectivity index (χ3v) is 5.23. The number of ether oxygens (including phenoxy) is 2. The number of carbonyl (C=O) groups is 2. The number of hydrogen-bond donors (Lipinski definition) is 2. The second-order valence-electron chi connectivity index (χ2n) is 7.55. The molecule has 1 unspecified atom stereocenters. The first-order valence-electron chi connectivity index (χ1n) is 9.98. The van der Waals surface area contributed by atoms with Gasteiger partial charge in [0.2, 0.25) is 0 Å². The maximum atomic E-state index is 13.6. The predicted molar refractivity (Wildman–Crippen MR) is 114 cm³/mol. The van der Waals surface area contributed by atoms with Crippen molar-refractivity contribution in [1.29, 1.82) is 0 Å². The molecule has 1 aromatic carbocycles. The number of benzene rings is 1. The lowest BCUT2D eigenvalue weighted by atomic mass is 9.88. The summed E-state index contributed by atoms with van der Waals surface area (Å²) in [4.78, 5) is 54.4. The van der Waals surface area contributed by atoms with Crippen LogP contribution in [0.15, 0.2) is 33.9 Å². The smallest absolute Gasteiger partial charge is 0.339 e. The van der Waals surface area contributed by atoms with Crippen LogP contribution in [-0.4, -0.2) is 47.3 Å². The minimum atomic E-state index is -1.57. The molecule has 166 valence electrons. The molecule has 1 atom stereocenters. The lowest BCUT2D eigenvalue weighted by Crippen LogP contribution is -2.55. The van der Waals surface area contributed by atoms with Crippen molar-refractivity contribution in [2.45, 2.75) is 38.8 Å². The molecule has 0 spiro atoms. The fraction of sp³-hybridized carbons (Fsp3) is 0.429. The highest BCUT2D eigenvalue weighted by atomic mass is 16.6. The van der Waals surface area contributed by atoms with Crippen LogP contribution in [-0.2, 0) is 27.2 Å². The van der Waals surface area contributed by atoms with Crippen molar-refractivity contribution in [3.63, 3.8) is 0 Å². The molecule has 0 saturated carbocycles. The van der Waals surface area contributed by atoms with Gasteiger partial charge in [-0.2, -0.15) is 0 Å². The highest BCUT2D eigenvalue weighted by Gasteiger charge is 2.46. The molecule has 3 rings (SSSR count). The second kappa shape index (κ2) is 8.76. The van der Waals surface area contributed by atoms with E-state index in [4.69, 9.17) is 15.2 Å². The van der Waals surface area contributed by atoms with E-state index in [0.29, 0.717) is 17.5 Å². The Hall–Kier alpha value is -3.40. The number of amides is 1. The zero-order chi connectivity index (χ0) is 22.8. The Labute approximate surface area is 178 Å². The van der Waals surface area contributed by atoms with Gasteiger partial charge >= 0.3 is 11.7 Å². The van der Waals surface area contributed by atoms with E-state index in [9.17, 15) is 19.2 Å². The number of aromatic amines is 1. The van der Waals surface area contributed by atoms with Crippen LogP contribution in [0.5, 0.6) is 0 Å². The number of esters is 1. The zero-order valence-corrected chi connectivity index (χ0v) is 17.8. The molecule has 2 heterocycles. The lowest BCUT2D eigenvalue weighted by molar-refractivity contribution is -0.137. The fourth-order valence-corrected chi connectivity index (χ4v) is 3.72. The van der Waals surface area contributed by atoms with Gasteiger partial charge in [0, 0.05) is 26.6 Å². The number of anilines is 2. The topological polar surface area (TPSA) is 137 Å². The summed E-state index contributed by atoms with van der Waals surface area (Å²) >= 11 is 0. The normalized spacial score (nSPS) is 17.7. The highest BCUT2D eigenvalue weighted by Crippen LogP contribution is 2.31. The molecule has 0 bridgehead atoms. The van der Waals surface area contributed by atoms with Crippen LogP contribution >= 0.6 is 0 Å². The van der Waals surface area contributed by atoms with Gasteiger partial charge in [-0.1, -0.05) is 25.1 Å². The van der Waals surface area contributed by atoms with Crippen molar-refractivity contribution in [3.8, 4) is 0 Å². The number of hydrogen-bond acceptors (Lipinski definition) is 7. The third kappa shape index (κ3) is 4.11. The first kappa shape index (κ1) is 22.3. The van der Waals surface area contributed by atoms with E-state index >= 15 is 0 Å². The van der Waals surface area contributed by atoms with Crippen molar-refractivity contribution in [3.05, 3.63) is 56.2 Å². The Morgan fingerprint density at radius 1 is 1.32 bits per heavy atom. The van der Waals surface area contributed by atoms with Crippen molar-refractivity contribution < 1.29 is 19.1 Å². The molecular formula is C21H26N4O6. The average molecular weight is 430 g/mol. The molecule has 0 saturated heterocycles. The highest BCUT2D eigenvalue weighted by molar-refractivity contribution is 6.04. The van der Waals surface area contributed by atoms with Crippen molar-refractivity contribution >= 4 is 23.4 Å². The standard InChI is InChI=1S/C21H26N4O6/c1-4-9-25-16(22)15(17(26)23-20(25)29)24(10-11-30-3)19(28)21(2)12-13-7-5-6-8-14(13)18(27)31-21/h5-8H,4,9-12,22H2,1-3H3,(H,23,26,29). The van der Waals surface area contributed by atoms with E-state index in [0.717, 1.165) is 4.90 Å². The monoisotopic (exact) mass is 430 g/mol. The van der Waals surface area contributed by atoms with Crippen molar-refractivity contribution in [2.24, 2.45) is 0 Å². The summed E-state index contributed by atoms with van der Waals surface area (Å²) in [7, 11) is 1.45. The zero-order valence-electron chi connectivity index (χ0n) is 17.8. The van der Waals surface area contributed by atoms with E-state index in [1.54, 1.807) is 24.3 Å². The van der Waals surface area contributed by atoms with Gasteiger partial charge in [-0.3, -0.25) is 24.0 Å². The van der Waals surface area contributed by atoms with Gasteiger partial charge < -0.3 is 15.2 Å². The molecule has 0 fully saturated rings. The Morgan fingerprint density at radius 2 is 2.03 bits per heavy atom. The maximum absolute atomic E-state index is 13.6. The molecule has 10 heteroatoms. The number of nitrogens with two attached hydrogens (primary N) is 1. The molecule has 0 aliphatic carbocycles. The third-order valence-electron chi connectivity index (χ3n) is 5.23. The Kier molecular flexibility index (Phi) is 6.30. The molecule has 1 amide bonds. The van der Waals surface area contributed by atoms with Gasteiger partial charge in [0.1, 0.15) is 5.82 Å². The number of fused-ring (bicyclic) bond motifs is 1. The summed E-state index contributed by atoms with van der Waals surface area (Å²) in [6.45, 7) is 3.68. The van der Waals surface area contributed by atoms with Gasteiger partial charge in [-0.15, -0.1) is 0 Å². The number of carbonyl (C=O) groups excluding carboxylic acids is 2. The lowest BCUT2D eigenvalue weighted by Gasteiger charge is -2.37. The summed E-state index contributed by atoms with van der Waals surface area (Å²) in [5.74, 6) is -1.39. The molecule has 1 aromatic heterocycles. The van der Waals surface area contributed by atoms with Gasteiger partial charge in [-0.25, -0.2) is 9.59 Å². The van der Waals surface area contributed by atoms with Crippen LogP contribution in [0.4, 0.5) is 11.5 Å². The predicted octanol–water partition coefficient (Wildman–Crippen LogP) is 0.680. The number of cyclic esters (lactones) is 1. The number of nitrogens with one attached hydrogen (secondary N) is 1. The van der Waals surface area contributed by atoms with E-state index < -0.39 is 28.7 Å². The Bertz CT molecular complexity index is 1120. The number of H-pyrrole nitrogens is 1. The minimum Gasteiger partial charge on any atom is -0.445 e. The van der Waals surface area contributed by atoms with Crippen LogP contribution in [0, 0.1) is 0 Å². The Morgan fingerprint density at radius 3 is 2.71 bits per heavy atom. The number of nitrogen functional groups attached to an aromatic ring is 1. The molecule has 2 aromatic rings. The summed E-state index contributed by atoms with van der Waals surface area (Å²) in [5.41, 5.74) is 4.02. The quantitative estimate of drug-likeness (QED) is 0.616. The van der Waals surface area contributed by atoms with E-state index in [1.165, 1.54) is 18.6 Å². The molecule has 1 aliphatic heterocycles. The van der Waals surface area contributed by atoms with Gasteiger partial charge in [-0.05, 0) is 25.0 Å². The summed E-state index contributed by atoms with van der Waals surface area (Å²) < 4.78 is 11.8. The molecule has 31 heavy (non-hydrogen) atoms. The first-order valence-corrected chi connectivity index (χ1v) is 9.98. The van der Waals surface area contributed by atoms with Crippen LogP contribution in [0.3, 0.4) is 0 Å². The molecule has 0 radical (unpaired) electrons. The van der Waals surface area contributed by atoms with E-state index in [-0.39, 0.29) is 37.6 Å². The molecule has 1 aliphatic rings. The number of rotatable bonds is 7. The van der Waals surface area contributed by atoms with Gasteiger partial charge in [0.25, 0.3) is 11.5 Å². The molecular weight excluding hydrogens is 404 g/mol. The minimum absolute atomic E-state index is 0.0261. The van der Waals surface area contributed by atoms with Crippen molar-refractivity contribution in [1.82, 2.24) is 9.55 Å². The number of aromatic nitrogens is 2. The average Bonchev–Trinajstić information content (AvgIpc) is 2.72. The van der Waals surface area contributed by atoms with Crippen LogP contribution < -0.4 is 21.9 Å². The SMILES string of the molecule is CCCn1c(N)c(N(CCOC)C(=O)C2(C)Cc3ccccc3C(=O)O2)c(=O)[nH]c1=O. The largest absolute Gasteiger partial charge is 0.445 e. The van der Waals surface area contributed by atoms with Crippen molar-refractivity contribution in [2.75, 3.05) is 30.9 Å². The van der Waals surface area contributed by atoms with Gasteiger partial charge in [0.05, 0.1) is 12.2 Å². The van der Waals surface area contributed by atoms with E-state index in [2.05, 4.69) is 4.98 Å². The van der Waals surface area contributed by atoms with E-state index in [1.807, 2.05) is 6.92 Å².